The number of hydrogen-bond donors (Lipinski definition) is 2. The number of aliphatic hydroxyl groups excluding tert-OH is 1. The first-order chi connectivity index (χ1) is 10.0. The predicted octanol–water partition coefficient (Wildman–Crippen LogP) is 2.21. The number of benzene rings is 1. The first kappa shape index (κ1) is 15.8. The Hall–Kier alpha value is -1.60. The molecule has 1 aromatic carbocycles. The number of thioether (sulfide) groups is 1. The van der Waals surface area contributed by atoms with Gasteiger partial charge in [-0.2, -0.15) is 0 Å². The highest BCUT2D eigenvalue weighted by Crippen LogP contribution is 2.47. The molecule has 1 fully saturated rings. The third kappa shape index (κ3) is 3.74. The minimum Gasteiger partial charge on any atom is -0.396 e. The maximum absolute atomic E-state index is 12.1. The van der Waals surface area contributed by atoms with Crippen LogP contribution in [0.3, 0.4) is 0 Å². The molecule has 1 amide bonds. The molecular formula is C14H18N2O4S. The van der Waals surface area contributed by atoms with E-state index in [2.05, 4.69) is 5.32 Å². The highest BCUT2D eigenvalue weighted by Gasteiger charge is 2.41. The summed E-state index contributed by atoms with van der Waals surface area (Å²) in [6.45, 7) is 0.619. The maximum Gasteiger partial charge on any atom is 0.283 e. The van der Waals surface area contributed by atoms with Crippen molar-refractivity contribution in [3.05, 3.63) is 33.9 Å². The van der Waals surface area contributed by atoms with E-state index in [1.54, 1.807) is 18.4 Å². The van der Waals surface area contributed by atoms with E-state index in [0.29, 0.717) is 23.4 Å². The van der Waals surface area contributed by atoms with Gasteiger partial charge in [0.05, 0.1) is 9.82 Å². The van der Waals surface area contributed by atoms with E-state index in [-0.39, 0.29) is 23.6 Å². The third-order valence-electron chi connectivity index (χ3n) is 3.86. The number of rotatable bonds is 7. The van der Waals surface area contributed by atoms with E-state index in [0.717, 1.165) is 12.8 Å². The molecule has 2 rings (SSSR count). The van der Waals surface area contributed by atoms with Gasteiger partial charge in [-0.15, -0.1) is 11.8 Å². The lowest BCUT2D eigenvalue weighted by atomic mass is 10.0. The number of amides is 1. The second kappa shape index (κ2) is 6.44. The molecule has 21 heavy (non-hydrogen) atoms. The summed E-state index contributed by atoms with van der Waals surface area (Å²) in [5, 5.41) is 22.8. The van der Waals surface area contributed by atoms with E-state index in [1.165, 1.54) is 17.8 Å². The fourth-order valence-corrected chi connectivity index (χ4v) is 2.82. The average molecular weight is 310 g/mol. The molecule has 0 spiro atoms. The van der Waals surface area contributed by atoms with Crippen LogP contribution in [0, 0.1) is 15.5 Å². The molecule has 0 aromatic heterocycles. The summed E-state index contributed by atoms with van der Waals surface area (Å²) in [5.41, 5.74) is 0.265. The van der Waals surface area contributed by atoms with Gasteiger partial charge in [0.15, 0.2) is 0 Å². The first-order valence-corrected chi connectivity index (χ1v) is 7.95. The molecule has 2 N–H and O–H groups in total. The summed E-state index contributed by atoms with van der Waals surface area (Å²) < 4.78 is 0. The van der Waals surface area contributed by atoms with E-state index >= 15 is 0 Å². The number of nitrogens with one attached hydrogen (secondary N) is 1. The lowest BCUT2D eigenvalue weighted by Crippen LogP contribution is -2.30. The molecule has 0 radical (unpaired) electrons. The normalized spacial score (nSPS) is 15.5. The Morgan fingerprint density at radius 1 is 1.52 bits per heavy atom. The van der Waals surface area contributed by atoms with Crippen molar-refractivity contribution in [1.29, 1.82) is 0 Å². The van der Waals surface area contributed by atoms with Crippen LogP contribution in [0.15, 0.2) is 23.1 Å². The quantitative estimate of drug-likeness (QED) is 0.457. The van der Waals surface area contributed by atoms with Gasteiger partial charge in [-0.3, -0.25) is 14.9 Å². The molecule has 0 unspecified atom stereocenters. The van der Waals surface area contributed by atoms with Crippen molar-refractivity contribution < 1.29 is 14.8 Å². The zero-order chi connectivity index (χ0) is 15.5. The Kier molecular flexibility index (Phi) is 4.84. The third-order valence-corrected chi connectivity index (χ3v) is 4.65. The van der Waals surface area contributed by atoms with Gasteiger partial charge in [-0.05, 0) is 43.1 Å². The molecule has 6 nitrogen and oxygen atoms in total. The minimum absolute atomic E-state index is 0.0234. The number of carbonyl (C=O) groups excluding carboxylic acids is 1. The van der Waals surface area contributed by atoms with Crippen LogP contribution in [0.25, 0.3) is 0 Å². The molecule has 114 valence electrons. The second-order valence-electron chi connectivity index (χ2n) is 5.30. The highest BCUT2D eigenvalue weighted by molar-refractivity contribution is 7.98. The van der Waals surface area contributed by atoms with Gasteiger partial charge in [-0.25, -0.2) is 0 Å². The number of nitro benzene ring substituents is 1. The standard InChI is InChI=1S/C14H18N2O4S/c1-21-12-3-2-10(8-11(12)16(19)20)13(18)15-9-14(4-5-14)6-7-17/h2-3,8,17H,4-7,9H2,1H3,(H,15,18). The lowest BCUT2D eigenvalue weighted by Gasteiger charge is -2.14. The number of hydrogen-bond acceptors (Lipinski definition) is 5. The Morgan fingerprint density at radius 2 is 2.24 bits per heavy atom. The van der Waals surface area contributed by atoms with Crippen LogP contribution in [-0.2, 0) is 0 Å². The summed E-state index contributed by atoms with van der Waals surface area (Å²) in [5.74, 6) is -0.310. The number of nitro groups is 1. The monoisotopic (exact) mass is 310 g/mol. The largest absolute Gasteiger partial charge is 0.396 e. The summed E-state index contributed by atoms with van der Waals surface area (Å²) in [6.07, 6.45) is 4.44. The fourth-order valence-electron chi connectivity index (χ4n) is 2.27. The molecule has 1 saturated carbocycles. The molecule has 1 aliphatic rings. The Morgan fingerprint density at radius 3 is 2.76 bits per heavy atom. The van der Waals surface area contributed by atoms with Crippen LogP contribution in [0.4, 0.5) is 5.69 Å². The fraction of sp³-hybridized carbons (Fsp3) is 0.500. The Labute approximate surface area is 127 Å². The summed E-state index contributed by atoms with van der Waals surface area (Å²) in [7, 11) is 0. The number of carbonyl (C=O) groups is 1. The van der Waals surface area contributed by atoms with E-state index < -0.39 is 4.92 Å². The minimum atomic E-state index is -0.475. The molecular weight excluding hydrogens is 292 g/mol. The van der Waals surface area contributed by atoms with Crippen molar-refractivity contribution in [1.82, 2.24) is 5.32 Å². The van der Waals surface area contributed by atoms with Gasteiger partial charge in [-0.1, -0.05) is 0 Å². The Balaban J connectivity index is 2.06. The summed E-state index contributed by atoms with van der Waals surface area (Å²) in [6, 6.07) is 4.50. The van der Waals surface area contributed by atoms with E-state index in [9.17, 15) is 14.9 Å². The highest BCUT2D eigenvalue weighted by atomic mass is 32.2. The van der Waals surface area contributed by atoms with Crippen LogP contribution < -0.4 is 5.32 Å². The molecule has 1 aliphatic carbocycles. The molecule has 0 saturated heterocycles. The summed E-state index contributed by atoms with van der Waals surface area (Å²) in [4.78, 5) is 23.2. The molecule has 7 heteroatoms. The van der Waals surface area contributed by atoms with Gasteiger partial charge < -0.3 is 10.4 Å². The van der Waals surface area contributed by atoms with Gasteiger partial charge in [0, 0.05) is 24.8 Å². The van der Waals surface area contributed by atoms with Crippen LogP contribution in [-0.4, -0.2) is 35.3 Å². The molecule has 0 atom stereocenters. The lowest BCUT2D eigenvalue weighted by molar-refractivity contribution is -0.387. The zero-order valence-corrected chi connectivity index (χ0v) is 12.6. The molecule has 0 bridgehead atoms. The van der Waals surface area contributed by atoms with E-state index in [4.69, 9.17) is 5.11 Å². The van der Waals surface area contributed by atoms with Crippen molar-refractivity contribution in [2.45, 2.75) is 24.2 Å². The van der Waals surface area contributed by atoms with Crippen molar-refractivity contribution in [3.8, 4) is 0 Å². The first-order valence-electron chi connectivity index (χ1n) is 6.73. The van der Waals surface area contributed by atoms with Crippen molar-refractivity contribution in [2.75, 3.05) is 19.4 Å². The van der Waals surface area contributed by atoms with Gasteiger partial charge in [0.1, 0.15) is 0 Å². The van der Waals surface area contributed by atoms with Crippen molar-refractivity contribution >= 4 is 23.4 Å². The van der Waals surface area contributed by atoms with Crippen molar-refractivity contribution in [3.63, 3.8) is 0 Å². The smallest absolute Gasteiger partial charge is 0.283 e. The van der Waals surface area contributed by atoms with Gasteiger partial charge in [0.2, 0.25) is 0 Å². The number of nitrogens with zero attached hydrogens (tertiary/aromatic N) is 1. The average Bonchev–Trinajstić information content (AvgIpc) is 3.24. The van der Waals surface area contributed by atoms with Crippen LogP contribution in [0.2, 0.25) is 0 Å². The van der Waals surface area contributed by atoms with Crippen LogP contribution >= 0.6 is 11.8 Å². The molecule has 1 aromatic rings. The van der Waals surface area contributed by atoms with Crippen LogP contribution in [0.5, 0.6) is 0 Å². The van der Waals surface area contributed by atoms with Gasteiger partial charge in [0.25, 0.3) is 11.6 Å². The van der Waals surface area contributed by atoms with Crippen molar-refractivity contribution in [2.24, 2.45) is 5.41 Å². The predicted molar refractivity (Wildman–Crippen MR) is 80.6 cm³/mol. The van der Waals surface area contributed by atoms with Gasteiger partial charge >= 0.3 is 0 Å². The number of aliphatic hydroxyl groups is 1. The second-order valence-corrected chi connectivity index (χ2v) is 6.15. The maximum atomic E-state index is 12.1. The molecule has 0 heterocycles. The molecule has 0 aliphatic heterocycles. The Bertz CT molecular complexity index is 558. The summed E-state index contributed by atoms with van der Waals surface area (Å²) >= 11 is 1.28. The topological polar surface area (TPSA) is 92.5 Å². The SMILES string of the molecule is CSc1ccc(C(=O)NCC2(CCO)CC2)cc1[N+](=O)[O-]. The van der Waals surface area contributed by atoms with E-state index in [1.807, 2.05) is 0 Å². The zero-order valence-electron chi connectivity index (χ0n) is 11.8. The van der Waals surface area contributed by atoms with Crippen LogP contribution in [0.1, 0.15) is 29.6 Å².